The van der Waals surface area contributed by atoms with E-state index in [2.05, 4.69) is 5.32 Å². The zero-order valence-corrected chi connectivity index (χ0v) is 18.3. The molecule has 1 aliphatic rings. The van der Waals surface area contributed by atoms with Crippen molar-refractivity contribution in [2.45, 2.75) is 51.4 Å². The van der Waals surface area contributed by atoms with Crippen molar-refractivity contribution in [2.24, 2.45) is 0 Å². The van der Waals surface area contributed by atoms with Gasteiger partial charge in [-0.2, -0.15) is 13.2 Å². The Labute approximate surface area is 185 Å². The number of halogens is 3. The fourth-order valence-corrected chi connectivity index (χ4v) is 3.73. The second-order valence-corrected chi connectivity index (χ2v) is 8.66. The van der Waals surface area contributed by atoms with E-state index in [0.29, 0.717) is 25.1 Å². The van der Waals surface area contributed by atoms with Gasteiger partial charge in [0.05, 0.1) is 11.4 Å². The molecule has 1 aliphatic heterocycles. The topological polar surface area (TPSA) is 76.8 Å². The van der Waals surface area contributed by atoms with Crippen molar-refractivity contribution in [3.63, 3.8) is 0 Å². The first-order valence-electron chi connectivity index (χ1n) is 10.4. The molecule has 2 aromatic carbocycles. The number of ether oxygens (including phenoxy) is 2. The molecule has 174 valence electrons. The Morgan fingerprint density at radius 2 is 1.84 bits per heavy atom. The number of carbonyl (C=O) groups excluding carboxylic acids is 1. The van der Waals surface area contributed by atoms with E-state index in [0.717, 1.165) is 0 Å². The molecule has 1 atom stereocenters. The third kappa shape index (κ3) is 5.77. The van der Waals surface area contributed by atoms with E-state index < -0.39 is 23.4 Å². The van der Waals surface area contributed by atoms with Crippen molar-refractivity contribution in [1.29, 1.82) is 0 Å². The number of hydrogen-bond acceptors (Lipinski definition) is 5. The Hall–Kier alpha value is -3.10. The van der Waals surface area contributed by atoms with Gasteiger partial charge >= 0.3 is 12.3 Å². The summed E-state index contributed by atoms with van der Waals surface area (Å²) >= 11 is 0. The number of rotatable bonds is 5. The predicted octanol–water partition coefficient (Wildman–Crippen LogP) is 5.57. The summed E-state index contributed by atoms with van der Waals surface area (Å²) in [6.45, 7) is 5.73. The summed E-state index contributed by atoms with van der Waals surface area (Å²) in [5, 5.41) is 2.66. The standard InChI is InChI=1S/C23H28F3N3O3/c1-22(2,3)32-21(30)28-14-15-8-7-13-29(15)20-17(27)11-12-18(19(20)23(24,25)26)31-16-9-5-4-6-10-16/h4-6,9-12,15H,7-8,13-14,27H2,1-3H3,(H,28,30)/t15-/m1/s1. The number of carbonyl (C=O) groups is 1. The fraction of sp³-hybridized carbons (Fsp3) is 0.435. The monoisotopic (exact) mass is 451 g/mol. The zero-order valence-electron chi connectivity index (χ0n) is 18.3. The van der Waals surface area contributed by atoms with Crippen molar-refractivity contribution in [1.82, 2.24) is 5.32 Å². The lowest BCUT2D eigenvalue weighted by Crippen LogP contribution is -2.43. The molecule has 3 rings (SSSR count). The van der Waals surface area contributed by atoms with Crippen LogP contribution in [0.2, 0.25) is 0 Å². The van der Waals surface area contributed by atoms with Crippen molar-refractivity contribution >= 4 is 17.5 Å². The van der Waals surface area contributed by atoms with E-state index in [1.807, 2.05) is 0 Å². The largest absolute Gasteiger partial charge is 0.457 e. The van der Waals surface area contributed by atoms with Crippen LogP contribution in [0.25, 0.3) is 0 Å². The lowest BCUT2D eigenvalue weighted by molar-refractivity contribution is -0.138. The van der Waals surface area contributed by atoms with Crippen LogP contribution >= 0.6 is 0 Å². The number of nitrogens with one attached hydrogen (secondary N) is 1. The first-order chi connectivity index (χ1) is 15.0. The van der Waals surface area contributed by atoms with Gasteiger partial charge in [-0.3, -0.25) is 0 Å². The maximum absolute atomic E-state index is 14.2. The molecule has 0 aliphatic carbocycles. The molecule has 9 heteroatoms. The molecule has 0 bridgehead atoms. The predicted molar refractivity (Wildman–Crippen MR) is 117 cm³/mol. The van der Waals surface area contributed by atoms with Gasteiger partial charge in [0.1, 0.15) is 22.7 Å². The lowest BCUT2D eigenvalue weighted by atomic mass is 10.1. The second kappa shape index (κ2) is 9.18. The van der Waals surface area contributed by atoms with E-state index >= 15 is 0 Å². The van der Waals surface area contributed by atoms with E-state index in [1.54, 1.807) is 56.0 Å². The first kappa shape index (κ1) is 23.6. The number of nitrogens with two attached hydrogens (primary N) is 1. The molecule has 0 saturated carbocycles. The molecule has 0 spiro atoms. The molecule has 6 nitrogen and oxygen atoms in total. The highest BCUT2D eigenvalue weighted by atomic mass is 19.4. The molecular formula is C23H28F3N3O3. The third-order valence-corrected chi connectivity index (χ3v) is 4.97. The molecule has 1 fully saturated rings. The average molecular weight is 451 g/mol. The number of nitrogen functional groups attached to an aromatic ring is 1. The van der Waals surface area contributed by atoms with Crippen LogP contribution in [0, 0.1) is 0 Å². The van der Waals surface area contributed by atoms with Crippen molar-refractivity contribution in [2.75, 3.05) is 23.7 Å². The molecule has 1 saturated heterocycles. The van der Waals surface area contributed by atoms with Gasteiger partial charge in [-0.25, -0.2) is 4.79 Å². The van der Waals surface area contributed by atoms with Crippen molar-refractivity contribution in [3.05, 3.63) is 48.0 Å². The van der Waals surface area contributed by atoms with Crippen LogP contribution in [0.3, 0.4) is 0 Å². The minimum atomic E-state index is -4.69. The quantitative estimate of drug-likeness (QED) is 0.581. The molecule has 32 heavy (non-hydrogen) atoms. The average Bonchev–Trinajstić information content (AvgIpc) is 3.14. The zero-order chi connectivity index (χ0) is 23.5. The molecule has 0 radical (unpaired) electrons. The lowest BCUT2D eigenvalue weighted by Gasteiger charge is -2.31. The number of para-hydroxylation sites is 1. The van der Waals surface area contributed by atoms with E-state index in [1.165, 1.54) is 12.1 Å². The highest BCUT2D eigenvalue weighted by Gasteiger charge is 2.42. The normalized spacial score (nSPS) is 16.7. The van der Waals surface area contributed by atoms with Crippen molar-refractivity contribution < 1.29 is 27.4 Å². The Morgan fingerprint density at radius 1 is 1.16 bits per heavy atom. The Morgan fingerprint density at radius 3 is 2.47 bits per heavy atom. The fourth-order valence-electron chi connectivity index (χ4n) is 3.73. The number of alkyl halides is 3. The van der Waals surface area contributed by atoms with Gasteiger partial charge in [0.25, 0.3) is 0 Å². The number of alkyl carbamates (subject to hydrolysis) is 1. The van der Waals surface area contributed by atoms with Gasteiger partial charge < -0.3 is 25.4 Å². The molecule has 0 aromatic heterocycles. The molecule has 0 unspecified atom stereocenters. The number of benzene rings is 2. The van der Waals surface area contributed by atoms with Crippen LogP contribution in [0.4, 0.5) is 29.3 Å². The van der Waals surface area contributed by atoms with Crippen LogP contribution in [-0.2, 0) is 10.9 Å². The smallest absolute Gasteiger partial charge is 0.422 e. The SMILES string of the molecule is CC(C)(C)OC(=O)NC[C@H]1CCCN1c1c(N)ccc(Oc2ccccc2)c1C(F)(F)F. The number of hydrogen-bond donors (Lipinski definition) is 2. The maximum Gasteiger partial charge on any atom is 0.422 e. The Balaban J connectivity index is 1.91. The second-order valence-electron chi connectivity index (χ2n) is 8.66. The first-order valence-corrected chi connectivity index (χ1v) is 10.4. The molecule has 2 aromatic rings. The highest BCUT2D eigenvalue weighted by molar-refractivity contribution is 5.77. The van der Waals surface area contributed by atoms with E-state index in [-0.39, 0.29) is 29.7 Å². The molecular weight excluding hydrogens is 423 g/mol. The third-order valence-electron chi connectivity index (χ3n) is 4.97. The summed E-state index contributed by atoms with van der Waals surface area (Å²) in [5.41, 5.74) is 4.33. The minimum Gasteiger partial charge on any atom is -0.457 e. The van der Waals surface area contributed by atoms with Crippen LogP contribution < -0.4 is 20.7 Å². The molecule has 1 amide bonds. The summed E-state index contributed by atoms with van der Waals surface area (Å²) in [5.74, 6) is -0.0306. The van der Waals surface area contributed by atoms with Gasteiger partial charge in [-0.15, -0.1) is 0 Å². The number of nitrogens with zero attached hydrogens (tertiary/aromatic N) is 1. The Kier molecular flexibility index (Phi) is 6.76. The summed E-state index contributed by atoms with van der Waals surface area (Å²) < 4.78 is 53.5. The van der Waals surface area contributed by atoms with Gasteiger partial charge in [0, 0.05) is 19.1 Å². The summed E-state index contributed by atoms with van der Waals surface area (Å²) in [4.78, 5) is 13.6. The van der Waals surface area contributed by atoms with Gasteiger partial charge in [-0.05, 0) is 57.9 Å². The number of anilines is 2. The minimum absolute atomic E-state index is 0.00176. The summed E-state index contributed by atoms with van der Waals surface area (Å²) in [6.07, 6.45) is -4.03. The van der Waals surface area contributed by atoms with E-state index in [4.69, 9.17) is 15.2 Å². The molecule has 3 N–H and O–H groups in total. The van der Waals surface area contributed by atoms with Crippen LogP contribution in [0.15, 0.2) is 42.5 Å². The van der Waals surface area contributed by atoms with Crippen LogP contribution in [0.5, 0.6) is 11.5 Å². The highest BCUT2D eigenvalue weighted by Crippen LogP contribution is 2.48. The summed E-state index contributed by atoms with van der Waals surface area (Å²) in [7, 11) is 0. The van der Waals surface area contributed by atoms with E-state index in [9.17, 15) is 18.0 Å². The van der Waals surface area contributed by atoms with Gasteiger partial charge in [0.15, 0.2) is 0 Å². The number of amides is 1. The van der Waals surface area contributed by atoms with Crippen LogP contribution in [0.1, 0.15) is 39.2 Å². The Bertz CT molecular complexity index is 943. The van der Waals surface area contributed by atoms with Gasteiger partial charge in [0.2, 0.25) is 0 Å². The maximum atomic E-state index is 14.2. The summed E-state index contributed by atoms with van der Waals surface area (Å²) in [6, 6.07) is 10.6. The van der Waals surface area contributed by atoms with Crippen LogP contribution in [-0.4, -0.2) is 30.8 Å². The van der Waals surface area contributed by atoms with Gasteiger partial charge in [-0.1, -0.05) is 18.2 Å². The molecule has 1 heterocycles. The van der Waals surface area contributed by atoms with Crippen molar-refractivity contribution in [3.8, 4) is 11.5 Å².